The normalized spacial score (nSPS) is 29.4. The van der Waals surface area contributed by atoms with Crippen molar-refractivity contribution < 1.29 is 0 Å². The van der Waals surface area contributed by atoms with Gasteiger partial charge < -0.3 is 5.73 Å². The van der Waals surface area contributed by atoms with Crippen LogP contribution in [0, 0.1) is 11.3 Å². The van der Waals surface area contributed by atoms with Crippen LogP contribution in [-0.4, -0.2) is 10.5 Å². The van der Waals surface area contributed by atoms with Crippen molar-refractivity contribution in [3.63, 3.8) is 0 Å². The second kappa shape index (κ2) is 5.30. The predicted molar refractivity (Wildman–Crippen MR) is 78.8 cm³/mol. The Labute approximate surface area is 115 Å². The van der Waals surface area contributed by atoms with Crippen molar-refractivity contribution in [1.29, 1.82) is 0 Å². The quantitative estimate of drug-likeness (QED) is 0.894. The highest BCUT2D eigenvalue weighted by Gasteiger charge is 2.37. The zero-order valence-electron chi connectivity index (χ0n) is 11.9. The number of hydrogen-bond donors (Lipinski definition) is 1. The summed E-state index contributed by atoms with van der Waals surface area (Å²) in [5, 5.41) is 0. The third-order valence-electron chi connectivity index (χ3n) is 5.01. The Balaban J connectivity index is 1.93. The monoisotopic (exact) mass is 266 g/mol. The molecule has 0 spiro atoms. The second-order valence-corrected chi connectivity index (χ2v) is 7.59. The fraction of sp³-hybridized carbons (Fsp3) is 0.800. The highest BCUT2D eigenvalue weighted by molar-refractivity contribution is 7.09. The van der Waals surface area contributed by atoms with Gasteiger partial charge in [-0.25, -0.2) is 0 Å². The van der Waals surface area contributed by atoms with Crippen LogP contribution in [0.15, 0.2) is 11.7 Å². The van der Waals surface area contributed by atoms with Crippen LogP contribution in [0.4, 0.5) is 0 Å². The van der Waals surface area contributed by atoms with Crippen molar-refractivity contribution in [3.05, 3.63) is 16.6 Å². The molecular formula is C15H26N2S. The molecule has 0 aromatic carbocycles. The van der Waals surface area contributed by atoms with Crippen molar-refractivity contribution in [2.45, 2.75) is 64.8 Å². The number of hydrogen-bond acceptors (Lipinski definition) is 3. The standard InChI is InChI=1S/C15H26N2S/c1-4-14(2,3)12-5-7-15(16,8-6-12)9-13-10-17-11-18-13/h10-12H,4-9,16H2,1-3H3. The minimum absolute atomic E-state index is 0.0207. The maximum absolute atomic E-state index is 6.58. The minimum Gasteiger partial charge on any atom is -0.325 e. The zero-order chi connectivity index (χ0) is 13.2. The van der Waals surface area contributed by atoms with Gasteiger partial charge in [0, 0.05) is 23.0 Å². The third-order valence-corrected chi connectivity index (χ3v) is 5.79. The van der Waals surface area contributed by atoms with Gasteiger partial charge >= 0.3 is 0 Å². The van der Waals surface area contributed by atoms with Crippen molar-refractivity contribution in [3.8, 4) is 0 Å². The molecule has 1 saturated carbocycles. The first-order chi connectivity index (χ1) is 8.45. The smallest absolute Gasteiger partial charge is 0.0794 e. The summed E-state index contributed by atoms with van der Waals surface area (Å²) in [5.41, 5.74) is 8.98. The highest BCUT2D eigenvalue weighted by atomic mass is 32.1. The average molecular weight is 266 g/mol. The van der Waals surface area contributed by atoms with Gasteiger partial charge in [-0.3, -0.25) is 4.98 Å². The first-order valence-corrected chi connectivity index (χ1v) is 7.99. The van der Waals surface area contributed by atoms with Gasteiger partial charge in [-0.05, 0) is 37.0 Å². The summed E-state index contributed by atoms with van der Waals surface area (Å²) < 4.78 is 0. The summed E-state index contributed by atoms with van der Waals surface area (Å²) in [7, 11) is 0. The molecule has 0 aliphatic heterocycles. The molecular weight excluding hydrogens is 240 g/mol. The van der Waals surface area contributed by atoms with E-state index in [1.165, 1.54) is 37.0 Å². The Kier molecular flexibility index (Phi) is 4.12. The molecule has 0 amide bonds. The van der Waals surface area contributed by atoms with E-state index in [1.54, 1.807) is 11.3 Å². The Morgan fingerprint density at radius 2 is 2.11 bits per heavy atom. The Bertz CT molecular complexity index is 362. The Morgan fingerprint density at radius 1 is 1.44 bits per heavy atom. The van der Waals surface area contributed by atoms with Crippen LogP contribution in [0.2, 0.25) is 0 Å². The van der Waals surface area contributed by atoms with Crippen LogP contribution in [-0.2, 0) is 6.42 Å². The summed E-state index contributed by atoms with van der Waals surface area (Å²) in [6.07, 6.45) is 9.16. The molecule has 18 heavy (non-hydrogen) atoms. The lowest BCUT2D eigenvalue weighted by molar-refractivity contribution is 0.115. The van der Waals surface area contributed by atoms with E-state index < -0.39 is 0 Å². The topological polar surface area (TPSA) is 38.9 Å². The molecule has 1 heterocycles. The molecule has 1 aliphatic rings. The largest absolute Gasteiger partial charge is 0.325 e. The van der Waals surface area contributed by atoms with Crippen molar-refractivity contribution in [2.75, 3.05) is 0 Å². The molecule has 1 fully saturated rings. The molecule has 0 unspecified atom stereocenters. The van der Waals surface area contributed by atoms with Gasteiger partial charge in [0.05, 0.1) is 5.51 Å². The number of aromatic nitrogens is 1. The molecule has 1 aromatic rings. The number of nitrogens with zero attached hydrogens (tertiary/aromatic N) is 1. The molecule has 1 aromatic heterocycles. The molecule has 0 radical (unpaired) electrons. The SMILES string of the molecule is CCC(C)(C)C1CCC(N)(Cc2cncs2)CC1. The van der Waals surface area contributed by atoms with E-state index >= 15 is 0 Å². The lowest BCUT2D eigenvalue weighted by atomic mass is 9.65. The Hall–Kier alpha value is -0.410. The van der Waals surface area contributed by atoms with Gasteiger partial charge in [-0.2, -0.15) is 0 Å². The van der Waals surface area contributed by atoms with Gasteiger partial charge in [0.25, 0.3) is 0 Å². The van der Waals surface area contributed by atoms with Gasteiger partial charge in [0.1, 0.15) is 0 Å². The van der Waals surface area contributed by atoms with E-state index in [0.29, 0.717) is 5.41 Å². The molecule has 102 valence electrons. The molecule has 2 rings (SSSR count). The van der Waals surface area contributed by atoms with Crippen LogP contribution in [0.3, 0.4) is 0 Å². The minimum atomic E-state index is 0.0207. The van der Waals surface area contributed by atoms with E-state index in [-0.39, 0.29) is 5.54 Å². The van der Waals surface area contributed by atoms with Crippen molar-refractivity contribution in [2.24, 2.45) is 17.1 Å². The number of nitrogens with two attached hydrogens (primary N) is 1. The van der Waals surface area contributed by atoms with Crippen LogP contribution in [0.5, 0.6) is 0 Å². The van der Waals surface area contributed by atoms with E-state index in [9.17, 15) is 0 Å². The highest BCUT2D eigenvalue weighted by Crippen LogP contribution is 2.43. The van der Waals surface area contributed by atoms with Crippen molar-refractivity contribution in [1.82, 2.24) is 4.98 Å². The molecule has 3 heteroatoms. The fourth-order valence-corrected chi connectivity index (χ4v) is 3.87. The summed E-state index contributed by atoms with van der Waals surface area (Å²) >= 11 is 1.73. The van der Waals surface area contributed by atoms with E-state index in [0.717, 1.165) is 12.3 Å². The predicted octanol–water partition coefficient (Wildman–Crippen LogP) is 4.01. The molecule has 0 saturated heterocycles. The first-order valence-electron chi connectivity index (χ1n) is 7.11. The third kappa shape index (κ3) is 3.12. The lowest BCUT2D eigenvalue weighted by Gasteiger charge is -2.43. The summed E-state index contributed by atoms with van der Waals surface area (Å²) in [5.74, 6) is 0.848. The van der Waals surface area contributed by atoms with Crippen LogP contribution >= 0.6 is 11.3 Å². The maximum atomic E-state index is 6.58. The fourth-order valence-electron chi connectivity index (χ4n) is 3.12. The average Bonchev–Trinajstić information content (AvgIpc) is 2.82. The molecule has 0 bridgehead atoms. The molecule has 0 atom stereocenters. The maximum Gasteiger partial charge on any atom is 0.0794 e. The van der Waals surface area contributed by atoms with Crippen molar-refractivity contribution >= 4 is 11.3 Å². The summed E-state index contributed by atoms with van der Waals surface area (Å²) in [4.78, 5) is 5.49. The van der Waals surface area contributed by atoms with Crippen LogP contribution in [0.25, 0.3) is 0 Å². The van der Waals surface area contributed by atoms with E-state index in [2.05, 4.69) is 25.8 Å². The van der Waals surface area contributed by atoms with Crippen LogP contribution < -0.4 is 5.73 Å². The first kappa shape index (κ1) is 14.0. The van der Waals surface area contributed by atoms with Gasteiger partial charge in [-0.15, -0.1) is 11.3 Å². The molecule has 1 aliphatic carbocycles. The second-order valence-electron chi connectivity index (χ2n) is 6.62. The zero-order valence-corrected chi connectivity index (χ0v) is 12.7. The van der Waals surface area contributed by atoms with Gasteiger partial charge in [0.2, 0.25) is 0 Å². The number of thiazole rings is 1. The van der Waals surface area contributed by atoms with E-state index in [1.807, 2.05) is 11.7 Å². The summed E-state index contributed by atoms with van der Waals surface area (Å²) in [6, 6.07) is 0. The van der Waals surface area contributed by atoms with Gasteiger partial charge in [0.15, 0.2) is 0 Å². The Morgan fingerprint density at radius 3 is 2.61 bits per heavy atom. The molecule has 2 N–H and O–H groups in total. The number of rotatable bonds is 4. The lowest BCUT2D eigenvalue weighted by Crippen LogP contribution is -2.46. The molecule has 2 nitrogen and oxygen atoms in total. The van der Waals surface area contributed by atoms with Gasteiger partial charge in [-0.1, -0.05) is 27.2 Å². The van der Waals surface area contributed by atoms with Crippen LogP contribution in [0.1, 0.15) is 57.8 Å². The van der Waals surface area contributed by atoms with E-state index in [4.69, 9.17) is 5.73 Å². The summed E-state index contributed by atoms with van der Waals surface area (Å²) in [6.45, 7) is 7.12.